The van der Waals surface area contributed by atoms with Crippen molar-refractivity contribution in [2.24, 2.45) is 5.10 Å². The molecule has 0 aromatic heterocycles. The van der Waals surface area contributed by atoms with E-state index in [1.807, 2.05) is 18.2 Å². The first-order valence-electron chi connectivity index (χ1n) is 6.02. The zero-order chi connectivity index (χ0) is 15.2. The molecule has 0 spiro atoms. The van der Waals surface area contributed by atoms with Gasteiger partial charge in [0, 0.05) is 20.6 Å². The van der Waals surface area contributed by atoms with E-state index in [1.165, 1.54) is 6.21 Å². The Kier molecular flexibility index (Phi) is 5.36. The van der Waals surface area contributed by atoms with Crippen LogP contribution in [-0.4, -0.2) is 19.2 Å². The fraction of sp³-hybridized carbons (Fsp3) is 0.0667. The summed E-state index contributed by atoms with van der Waals surface area (Å²) in [6.45, 7) is 0. The molecule has 0 aliphatic rings. The van der Waals surface area contributed by atoms with Gasteiger partial charge in [0.15, 0.2) is 0 Å². The zero-order valence-corrected chi connectivity index (χ0v) is 13.5. The van der Waals surface area contributed by atoms with E-state index in [-0.39, 0.29) is 5.91 Å². The molecule has 4 nitrogen and oxygen atoms in total. The first kappa shape index (κ1) is 15.5. The molecule has 0 unspecified atom stereocenters. The van der Waals surface area contributed by atoms with E-state index in [0.29, 0.717) is 16.3 Å². The molecule has 0 aliphatic carbocycles. The summed E-state index contributed by atoms with van der Waals surface area (Å²) in [5.74, 6) is 0.335. The summed E-state index contributed by atoms with van der Waals surface area (Å²) in [5.41, 5.74) is 3.64. The fourth-order valence-electron chi connectivity index (χ4n) is 1.66. The van der Waals surface area contributed by atoms with Crippen molar-refractivity contribution in [3.05, 3.63) is 63.1 Å². The Hall–Kier alpha value is -1.85. The van der Waals surface area contributed by atoms with Gasteiger partial charge in [-0.05, 0) is 36.4 Å². The average molecular weight is 368 g/mol. The van der Waals surface area contributed by atoms with Gasteiger partial charge in [0.1, 0.15) is 5.75 Å². The summed E-state index contributed by atoms with van der Waals surface area (Å²) < 4.78 is 6.11. The summed E-state index contributed by atoms with van der Waals surface area (Å²) in [6, 6.07) is 12.2. The monoisotopic (exact) mass is 366 g/mol. The Morgan fingerprint density at radius 2 is 2.14 bits per heavy atom. The average Bonchev–Trinajstić information content (AvgIpc) is 2.47. The van der Waals surface area contributed by atoms with Crippen molar-refractivity contribution in [2.45, 2.75) is 0 Å². The van der Waals surface area contributed by atoms with Crippen LogP contribution in [-0.2, 0) is 0 Å². The molecular weight excluding hydrogens is 356 g/mol. The smallest absolute Gasteiger partial charge is 0.271 e. The highest BCUT2D eigenvalue weighted by atomic mass is 79.9. The molecule has 2 aromatic rings. The minimum Gasteiger partial charge on any atom is -0.496 e. The van der Waals surface area contributed by atoms with Crippen LogP contribution >= 0.6 is 27.5 Å². The molecule has 0 aliphatic heterocycles. The van der Waals surface area contributed by atoms with Gasteiger partial charge in [-0.15, -0.1) is 0 Å². The van der Waals surface area contributed by atoms with E-state index in [9.17, 15) is 4.79 Å². The van der Waals surface area contributed by atoms with Gasteiger partial charge in [-0.25, -0.2) is 5.43 Å². The van der Waals surface area contributed by atoms with Crippen molar-refractivity contribution in [3.8, 4) is 5.75 Å². The van der Waals surface area contributed by atoms with Gasteiger partial charge in [-0.1, -0.05) is 33.6 Å². The van der Waals surface area contributed by atoms with Crippen LogP contribution in [0.15, 0.2) is 52.0 Å². The number of benzene rings is 2. The predicted octanol–water partition coefficient (Wildman–Crippen LogP) is 3.88. The van der Waals surface area contributed by atoms with E-state index >= 15 is 0 Å². The minimum absolute atomic E-state index is 0.331. The number of carbonyl (C=O) groups is 1. The largest absolute Gasteiger partial charge is 0.496 e. The summed E-state index contributed by atoms with van der Waals surface area (Å²) in [5, 5.41) is 4.43. The molecule has 1 N–H and O–H groups in total. The van der Waals surface area contributed by atoms with Crippen LogP contribution in [0.3, 0.4) is 0 Å². The number of nitrogens with zero attached hydrogens (tertiary/aromatic N) is 1. The Morgan fingerprint density at radius 3 is 2.86 bits per heavy atom. The topological polar surface area (TPSA) is 50.7 Å². The molecule has 108 valence electrons. The molecule has 21 heavy (non-hydrogen) atoms. The third-order valence-corrected chi connectivity index (χ3v) is 3.38. The number of carbonyl (C=O) groups excluding carboxylic acids is 1. The van der Waals surface area contributed by atoms with Gasteiger partial charge < -0.3 is 4.74 Å². The van der Waals surface area contributed by atoms with Crippen LogP contribution in [0.4, 0.5) is 0 Å². The maximum atomic E-state index is 11.9. The summed E-state index contributed by atoms with van der Waals surface area (Å²) >= 11 is 9.21. The van der Waals surface area contributed by atoms with Crippen LogP contribution in [0.1, 0.15) is 15.9 Å². The number of nitrogens with one attached hydrogen (secondary N) is 1. The Labute approximate surface area is 135 Å². The summed E-state index contributed by atoms with van der Waals surface area (Å²) in [4.78, 5) is 11.9. The van der Waals surface area contributed by atoms with Crippen LogP contribution < -0.4 is 10.2 Å². The lowest BCUT2D eigenvalue weighted by Gasteiger charge is -2.04. The second kappa shape index (κ2) is 7.24. The van der Waals surface area contributed by atoms with Gasteiger partial charge in [-0.2, -0.15) is 5.10 Å². The molecule has 0 atom stereocenters. The van der Waals surface area contributed by atoms with Crippen LogP contribution in [0.2, 0.25) is 5.02 Å². The first-order valence-corrected chi connectivity index (χ1v) is 7.20. The fourth-order valence-corrected chi connectivity index (χ4v) is 2.23. The zero-order valence-electron chi connectivity index (χ0n) is 11.1. The quantitative estimate of drug-likeness (QED) is 0.659. The summed E-state index contributed by atoms with van der Waals surface area (Å²) in [7, 11) is 1.57. The van der Waals surface area contributed by atoms with Crippen LogP contribution in [0.25, 0.3) is 0 Å². The van der Waals surface area contributed by atoms with Crippen LogP contribution in [0, 0.1) is 0 Å². The van der Waals surface area contributed by atoms with Gasteiger partial charge >= 0.3 is 0 Å². The molecule has 0 saturated heterocycles. The Morgan fingerprint density at radius 1 is 1.33 bits per heavy atom. The molecule has 0 saturated carbocycles. The van der Waals surface area contributed by atoms with Crippen molar-refractivity contribution < 1.29 is 9.53 Å². The molecule has 0 fully saturated rings. The standard InChI is InChI=1S/C15H12BrClN2O2/c1-21-14-6-5-12(16)7-11(14)9-18-19-15(20)10-3-2-4-13(17)8-10/h2-9H,1H3,(H,19,20)/b18-9-. The third-order valence-electron chi connectivity index (χ3n) is 2.65. The van der Waals surface area contributed by atoms with Crippen molar-refractivity contribution in [3.63, 3.8) is 0 Å². The second-order valence-electron chi connectivity index (χ2n) is 4.10. The maximum absolute atomic E-state index is 11.9. The molecule has 2 aromatic carbocycles. The molecule has 0 radical (unpaired) electrons. The van der Waals surface area contributed by atoms with Gasteiger partial charge in [-0.3, -0.25) is 4.79 Å². The van der Waals surface area contributed by atoms with E-state index in [1.54, 1.807) is 31.4 Å². The lowest BCUT2D eigenvalue weighted by Crippen LogP contribution is -2.17. The highest BCUT2D eigenvalue weighted by Gasteiger charge is 2.05. The molecule has 1 amide bonds. The predicted molar refractivity (Wildman–Crippen MR) is 87.2 cm³/mol. The van der Waals surface area contributed by atoms with Gasteiger partial charge in [0.05, 0.1) is 13.3 Å². The maximum Gasteiger partial charge on any atom is 0.271 e. The van der Waals surface area contributed by atoms with E-state index in [0.717, 1.165) is 10.0 Å². The Bertz CT molecular complexity index is 689. The molecule has 6 heteroatoms. The second-order valence-corrected chi connectivity index (χ2v) is 5.45. The lowest BCUT2D eigenvalue weighted by molar-refractivity contribution is 0.0955. The first-order chi connectivity index (χ1) is 10.1. The normalized spacial score (nSPS) is 10.6. The number of hydrazone groups is 1. The van der Waals surface area contributed by atoms with Crippen molar-refractivity contribution in [2.75, 3.05) is 7.11 Å². The SMILES string of the molecule is COc1ccc(Br)cc1/C=N\NC(=O)c1cccc(Cl)c1. The number of methoxy groups -OCH3 is 1. The highest BCUT2D eigenvalue weighted by molar-refractivity contribution is 9.10. The van der Waals surface area contributed by atoms with Crippen molar-refractivity contribution in [1.29, 1.82) is 0 Å². The van der Waals surface area contributed by atoms with Crippen molar-refractivity contribution in [1.82, 2.24) is 5.43 Å². The van der Waals surface area contributed by atoms with E-state index in [2.05, 4.69) is 26.5 Å². The van der Waals surface area contributed by atoms with Gasteiger partial charge in [0.25, 0.3) is 5.91 Å². The number of amides is 1. The number of hydrogen-bond donors (Lipinski definition) is 1. The third kappa shape index (κ3) is 4.31. The molecule has 0 heterocycles. The highest BCUT2D eigenvalue weighted by Crippen LogP contribution is 2.21. The van der Waals surface area contributed by atoms with Gasteiger partial charge in [0.2, 0.25) is 0 Å². The molecular formula is C15H12BrClN2O2. The number of halogens is 2. The lowest BCUT2D eigenvalue weighted by atomic mass is 10.2. The number of rotatable bonds is 4. The van der Waals surface area contributed by atoms with Crippen LogP contribution in [0.5, 0.6) is 5.75 Å². The van der Waals surface area contributed by atoms with E-state index < -0.39 is 0 Å². The minimum atomic E-state index is -0.331. The van der Waals surface area contributed by atoms with E-state index in [4.69, 9.17) is 16.3 Å². The Balaban J connectivity index is 2.09. The number of ether oxygens (including phenoxy) is 1. The number of hydrogen-bond acceptors (Lipinski definition) is 3. The van der Waals surface area contributed by atoms with Crippen molar-refractivity contribution >= 4 is 39.7 Å². The summed E-state index contributed by atoms with van der Waals surface area (Å²) in [6.07, 6.45) is 1.52. The molecule has 0 bridgehead atoms. The molecule has 2 rings (SSSR count).